The molecule has 2 saturated heterocycles. The zero-order valence-corrected chi connectivity index (χ0v) is 20.2. The summed E-state index contributed by atoms with van der Waals surface area (Å²) in [6.07, 6.45) is 3.53. The standard InChI is InChI=1S/C27H35N3O4/c1-21(2)19-34-25-6-4-3-5-23(25)18-28-14-11-27(20-28)12-15-29(16-13-27)26(31)17-22-7-9-24(10-8-22)30(32)33/h3-10,21H,11-20H2,1-2H3. The number of nitrogens with zero attached hydrogens (tertiary/aromatic N) is 3. The van der Waals surface area contributed by atoms with E-state index >= 15 is 0 Å². The summed E-state index contributed by atoms with van der Waals surface area (Å²) in [5, 5.41) is 10.8. The Kier molecular flexibility index (Phi) is 7.51. The van der Waals surface area contributed by atoms with Crippen molar-refractivity contribution < 1.29 is 14.5 Å². The van der Waals surface area contributed by atoms with Crippen molar-refractivity contribution in [2.45, 2.75) is 46.1 Å². The smallest absolute Gasteiger partial charge is 0.269 e. The van der Waals surface area contributed by atoms with Gasteiger partial charge in [-0.15, -0.1) is 0 Å². The van der Waals surface area contributed by atoms with Crippen molar-refractivity contribution in [3.8, 4) is 5.75 Å². The van der Waals surface area contributed by atoms with Crippen LogP contribution < -0.4 is 4.74 Å². The maximum atomic E-state index is 12.8. The van der Waals surface area contributed by atoms with Gasteiger partial charge in [-0.05, 0) is 48.8 Å². The number of carbonyl (C=O) groups is 1. The lowest BCUT2D eigenvalue weighted by Gasteiger charge is -2.39. The predicted molar refractivity (Wildman–Crippen MR) is 132 cm³/mol. The van der Waals surface area contributed by atoms with Gasteiger partial charge in [-0.1, -0.05) is 44.2 Å². The Morgan fingerprint density at radius 1 is 1.06 bits per heavy atom. The first kappa shape index (κ1) is 24.2. The lowest BCUT2D eigenvalue weighted by molar-refractivity contribution is -0.384. The number of carbonyl (C=O) groups excluding carboxylic acids is 1. The zero-order chi connectivity index (χ0) is 24.1. The summed E-state index contributed by atoms with van der Waals surface area (Å²) in [4.78, 5) is 27.7. The average Bonchev–Trinajstić information content (AvgIpc) is 3.21. The molecule has 34 heavy (non-hydrogen) atoms. The third kappa shape index (κ3) is 5.95. The molecule has 0 radical (unpaired) electrons. The molecule has 0 atom stereocenters. The minimum absolute atomic E-state index is 0.0519. The molecule has 2 aromatic rings. The lowest BCUT2D eigenvalue weighted by atomic mass is 9.77. The van der Waals surface area contributed by atoms with Gasteiger partial charge in [0, 0.05) is 43.9 Å². The molecule has 2 heterocycles. The van der Waals surface area contributed by atoms with E-state index in [0.717, 1.165) is 63.5 Å². The van der Waals surface area contributed by atoms with E-state index in [1.165, 1.54) is 24.1 Å². The molecule has 7 nitrogen and oxygen atoms in total. The fraction of sp³-hybridized carbons (Fsp3) is 0.519. The van der Waals surface area contributed by atoms with E-state index < -0.39 is 4.92 Å². The number of hydrogen-bond donors (Lipinski definition) is 0. The van der Waals surface area contributed by atoms with Crippen LogP contribution in [0.1, 0.15) is 44.2 Å². The van der Waals surface area contributed by atoms with Gasteiger partial charge in [-0.25, -0.2) is 0 Å². The maximum Gasteiger partial charge on any atom is 0.269 e. The van der Waals surface area contributed by atoms with E-state index in [1.54, 1.807) is 12.1 Å². The highest BCUT2D eigenvalue weighted by atomic mass is 16.6. The van der Waals surface area contributed by atoms with Gasteiger partial charge in [0.15, 0.2) is 0 Å². The second-order valence-electron chi connectivity index (χ2n) is 10.3. The van der Waals surface area contributed by atoms with Gasteiger partial charge in [0.1, 0.15) is 5.75 Å². The number of rotatable bonds is 8. The Hall–Kier alpha value is -2.93. The Bertz CT molecular complexity index is 997. The molecule has 0 unspecified atom stereocenters. The first-order valence-electron chi connectivity index (χ1n) is 12.3. The van der Waals surface area contributed by atoms with E-state index in [4.69, 9.17) is 4.74 Å². The predicted octanol–water partition coefficient (Wildman–Crippen LogP) is 4.69. The molecule has 1 amide bonds. The van der Waals surface area contributed by atoms with Crippen molar-refractivity contribution in [3.63, 3.8) is 0 Å². The summed E-state index contributed by atoms with van der Waals surface area (Å²) < 4.78 is 6.05. The number of piperidine rings is 1. The number of likely N-dealkylation sites (tertiary alicyclic amines) is 2. The lowest BCUT2D eigenvalue weighted by Crippen LogP contribution is -2.44. The number of nitro benzene ring substituents is 1. The Balaban J connectivity index is 1.28. The van der Waals surface area contributed by atoms with E-state index in [9.17, 15) is 14.9 Å². The monoisotopic (exact) mass is 465 g/mol. The van der Waals surface area contributed by atoms with Crippen molar-refractivity contribution >= 4 is 11.6 Å². The summed E-state index contributed by atoms with van der Waals surface area (Å²) in [5.41, 5.74) is 2.41. The summed E-state index contributed by atoms with van der Waals surface area (Å²) in [7, 11) is 0. The number of non-ortho nitro benzene ring substituents is 1. The molecule has 1 spiro atoms. The second-order valence-corrected chi connectivity index (χ2v) is 10.3. The van der Waals surface area contributed by atoms with Crippen LogP contribution >= 0.6 is 0 Å². The Labute approximate surface area is 201 Å². The zero-order valence-electron chi connectivity index (χ0n) is 20.2. The van der Waals surface area contributed by atoms with Crippen LogP contribution in [-0.4, -0.2) is 53.4 Å². The molecule has 182 valence electrons. The van der Waals surface area contributed by atoms with Gasteiger partial charge < -0.3 is 9.64 Å². The highest BCUT2D eigenvalue weighted by Gasteiger charge is 2.41. The average molecular weight is 466 g/mol. The van der Waals surface area contributed by atoms with Gasteiger partial charge in [-0.3, -0.25) is 19.8 Å². The van der Waals surface area contributed by atoms with Crippen LogP contribution in [0, 0.1) is 21.4 Å². The molecule has 2 fully saturated rings. The number of hydrogen-bond acceptors (Lipinski definition) is 5. The van der Waals surface area contributed by atoms with Crippen LogP contribution in [0.2, 0.25) is 0 Å². The SMILES string of the molecule is CC(C)COc1ccccc1CN1CCC2(CCN(C(=O)Cc3ccc([N+](=O)[O-])cc3)CC2)C1. The summed E-state index contributed by atoms with van der Waals surface area (Å²) in [6.45, 7) is 9.67. The molecule has 0 bridgehead atoms. The molecule has 0 aliphatic carbocycles. The number of benzene rings is 2. The highest BCUT2D eigenvalue weighted by molar-refractivity contribution is 5.79. The van der Waals surface area contributed by atoms with E-state index in [1.807, 2.05) is 11.0 Å². The first-order chi connectivity index (χ1) is 16.3. The molecular formula is C27H35N3O4. The molecule has 0 N–H and O–H groups in total. The third-order valence-corrected chi connectivity index (χ3v) is 7.14. The summed E-state index contributed by atoms with van der Waals surface area (Å²) >= 11 is 0. The fourth-order valence-corrected chi connectivity index (χ4v) is 5.10. The molecule has 0 saturated carbocycles. The van der Waals surface area contributed by atoms with Crippen molar-refractivity contribution in [1.29, 1.82) is 0 Å². The van der Waals surface area contributed by atoms with Crippen LogP contribution in [0.3, 0.4) is 0 Å². The van der Waals surface area contributed by atoms with Crippen LogP contribution in [0.5, 0.6) is 5.75 Å². The largest absolute Gasteiger partial charge is 0.493 e. The van der Waals surface area contributed by atoms with Crippen LogP contribution in [0.4, 0.5) is 5.69 Å². The molecular weight excluding hydrogens is 430 g/mol. The van der Waals surface area contributed by atoms with E-state index in [2.05, 4.69) is 36.9 Å². The van der Waals surface area contributed by atoms with Crippen molar-refractivity contribution in [2.24, 2.45) is 11.3 Å². The van der Waals surface area contributed by atoms with Gasteiger partial charge in [-0.2, -0.15) is 0 Å². The maximum absolute atomic E-state index is 12.8. The normalized spacial score (nSPS) is 17.9. The molecule has 7 heteroatoms. The minimum atomic E-state index is -0.419. The molecule has 4 rings (SSSR count). The number of ether oxygens (including phenoxy) is 1. The Morgan fingerprint density at radius 2 is 1.74 bits per heavy atom. The first-order valence-corrected chi connectivity index (χ1v) is 12.3. The Morgan fingerprint density at radius 3 is 2.41 bits per heavy atom. The summed E-state index contributed by atoms with van der Waals surface area (Å²) in [5.74, 6) is 1.59. The molecule has 0 aromatic heterocycles. The molecule has 2 aromatic carbocycles. The molecule has 2 aliphatic rings. The fourth-order valence-electron chi connectivity index (χ4n) is 5.10. The number of amides is 1. The quantitative estimate of drug-likeness (QED) is 0.418. The highest BCUT2D eigenvalue weighted by Crippen LogP contribution is 2.41. The topological polar surface area (TPSA) is 75.9 Å². The van der Waals surface area contributed by atoms with Gasteiger partial charge >= 0.3 is 0 Å². The number of para-hydroxylation sites is 1. The van der Waals surface area contributed by atoms with Gasteiger partial charge in [0.25, 0.3) is 5.69 Å². The van der Waals surface area contributed by atoms with Crippen LogP contribution in [0.15, 0.2) is 48.5 Å². The van der Waals surface area contributed by atoms with Crippen molar-refractivity contribution in [2.75, 3.05) is 32.8 Å². The van der Waals surface area contributed by atoms with Gasteiger partial charge in [0.2, 0.25) is 5.91 Å². The van der Waals surface area contributed by atoms with E-state index in [-0.39, 0.29) is 17.0 Å². The van der Waals surface area contributed by atoms with Crippen molar-refractivity contribution in [3.05, 3.63) is 69.8 Å². The molecule has 2 aliphatic heterocycles. The number of nitro groups is 1. The van der Waals surface area contributed by atoms with Crippen molar-refractivity contribution in [1.82, 2.24) is 9.80 Å². The summed E-state index contributed by atoms with van der Waals surface area (Å²) in [6, 6.07) is 14.6. The third-order valence-electron chi connectivity index (χ3n) is 7.14. The van der Waals surface area contributed by atoms with Crippen LogP contribution in [0.25, 0.3) is 0 Å². The van der Waals surface area contributed by atoms with E-state index in [0.29, 0.717) is 12.3 Å². The van der Waals surface area contributed by atoms with Crippen LogP contribution in [-0.2, 0) is 17.8 Å². The second kappa shape index (κ2) is 10.6. The van der Waals surface area contributed by atoms with Gasteiger partial charge in [0.05, 0.1) is 18.0 Å². The minimum Gasteiger partial charge on any atom is -0.493 e.